The molecule has 0 aliphatic carbocycles. The number of hydrogen-bond donors (Lipinski definition) is 2. The number of aryl methyl sites for hydroxylation is 1. The zero-order valence-electron chi connectivity index (χ0n) is 14.6. The Hall–Kier alpha value is -2.58. The third-order valence-corrected chi connectivity index (χ3v) is 5.36. The number of carboxylic acids is 1. The fraction of sp³-hybridized carbons (Fsp3) is 0.222. The van der Waals surface area contributed by atoms with Crippen LogP contribution in [0.15, 0.2) is 40.5 Å². The molecule has 0 radical (unpaired) electrons. The summed E-state index contributed by atoms with van der Waals surface area (Å²) in [6.07, 6.45) is 1.36. The number of benzene rings is 1. The molecular weight excluding hydrogens is 388 g/mol. The maximum atomic E-state index is 11.7. The highest BCUT2D eigenvalue weighted by molar-refractivity contribution is 8.15. The molecule has 140 valence electrons. The first-order chi connectivity index (χ1) is 12.8. The first-order valence-corrected chi connectivity index (χ1v) is 9.36. The van der Waals surface area contributed by atoms with E-state index in [1.807, 2.05) is 44.2 Å². The lowest BCUT2D eigenvalue weighted by molar-refractivity contribution is -0.138. The zero-order valence-corrected chi connectivity index (χ0v) is 16.2. The lowest BCUT2D eigenvalue weighted by atomic mass is 10.2. The Morgan fingerprint density at radius 3 is 2.74 bits per heavy atom. The van der Waals surface area contributed by atoms with E-state index in [9.17, 15) is 9.59 Å². The van der Waals surface area contributed by atoms with Gasteiger partial charge in [-0.3, -0.25) is 9.59 Å². The van der Waals surface area contributed by atoms with Gasteiger partial charge in [-0.1, -0.05) is 23.4 Å². The van der Waals surface area contributed by atoms with Crippen LogP contribution < -0.4 is 5.32 Å². The van der Waals surface area contributed by atoms with E-state index in [0.717, 1.165) is 34.4 Å². The molecule has 7 nitrogen and oxygen atoms in total. The summed E-state index contributed by atoms with van der Waals surface area (Å²) < 4.78 is 2.08. The minimum atomic E-state index is -1.03. The van der Waals surface area contributed by atoms with Crippen molar-refractivity contribution in [2.75, 3.05) is 0 Å². The van der Waals surface area contributed by atoms with E-state index < -0.39 is 11.2 Å². The molecule has 1 fully saturated rings. The molecule has 3 rings (SSSR count). The molecule has 9 heteroatoms. The van der Waals surface area contributed by atoms with Gasteiger partial charge in [0.25, 0.3) is 0 Å². The number of carboxylic acid groups (broad SMARTS) is 1. The summed E-state index contributed by atoms with van der Waals surface area (Å²) in [6.45, 7) is 3.97. The van der Waals surface area contributed by atoms with E-state index in [4.69, 9.17) is 16.7 Å². The number of carbonyl (C=O) groups is 2. The number of nitrogens with one attached hydrogen (secondary N) is 1. The zero-order chi connectivity index (χ0) is 19.6. The molecule has 2 aromatic rings. The van der Waals surface area contributed by atoms with Gasteiger partial charge in [-0.05, 0) is 44.2 Å². The maximum absolute atomic E-state index is 11.7. The lowest BCUT2D eigenvalue weighted by Gasteiger charge is -2.09. The van der Waals surface area contributed by atoms with Crippen LogP contribution in [0.4, 0.5) is 0 Å². The van der Waals surface area contributed by atoms with Crippen molar-refractivity contribution in [3.8, 4) is 5.69 Å². The van der Waals surface area contributed by atoms with Crippen LogP contribution >= 0.6 is 23.4 Å². The number of halogens is 1. The Morgan fingerprint density at radius 2 is 2.07 bits per heavy atom. The second kappa shape index (κ2) is 7.98. The second-order valence-electron chi connectivity index (χ2n) is 5.98. The predicted octanol–water partition coefficient (Wildman–Crippen LogP) is 3.14. The highest BCUT2D eigenvalue weighted by atomic mass is 35.5. The lowest BCUT2D eigenvalue weighted by Crippen LogP contribution is -2.26. The van der Waals surface area contributed by atoms with Crippen molar-refractivity contribution in [1.82, 2.24) is 9.88 Å². The fourth-order valence-electron chi connectivity index (χ4n) is 2.79. The molecule has 1 saturated heterocycles. The fourth-order valence-corrected chi connectivity index (χ4v) is 3.84. The van der Waals surface area contributed by atoms with Gasteiger partial charge in [-0.2, -0.15) is 5.10 Å². The number of rotatable bonds is 5. The average Bonchev–Trinajstić information content (AvgIpc) is 3.08. The molecule has 27 heavy (non-hydrogen) atoms. The summed E-state index contributed by atoms with van der Waals surface area (Å²) in [4.78, 5) is 22.4. The number of amidine groups is 1. The highest BCUT2D eigenvalue weighted by Crippen LogP contribution is 2.23. The number of aliphatic carboxylic acids is 1. The van der Waals surface area contributed by atoms with Gasteiger partial charge in [-0.15, -0.1) is 5.10 Å². The van der Waals surface area contributed by atoms with Gasteiger partial charge in [0.1, 0.15) is 5.25 Å². The normalized spacial score (nSPS) is 18.4. The van der Waals surface area contributed by atoms with Crippen LogP contribution in [0.1, 0.15) is 23.4 Å². The van der Waals surface area contributed by atoms with Crippen molar-refractivity contribution < 1.29 is 14.7 Å². The monoisotopic (exact) mass is 404 g/mol. The summed E-state index contributed by atoms with van der Waals surface area (Å²) in [5, 5.41) is 19.7. The van der Waals surface area contributed by atoms with Crippen LogP contribution in [0.2, 0.25) is 5.02 Å². The van der Waals surface area contributed by atoms with Gasteiger partial charge in [0.15, 0.2) is 5.17 Å². The number of carbonyl (C=O) groups excluding carboxylic acids is 1. The first-order valence-electron chi connectivity index (χ1n) is 8.10. The molecule has 2 N–H and O–H groups in total. The molecule has 1 aliphatic heterocycles. The van der Waals surface area contributed by atoms with Crippen LogP contribution in [0.5, 0.6) is 0 Å². The standard InChI is InChI=1S/C18H17ClN4O3S/c1-10-7-12(11(2)23(10)14-5-3-13(19)4-6-14)9-20-22-18-21-17(26)15(27-18)8-16(24)25/h3-7,9,15H,8H2,1-2H3,(H,24,25)(H,21,22,26). The molecular formula is C18H17ClN4O3S. The van der Waals surface area contributed by atoms with Gasteiger partial charge in [-0.25, -0.2) is 0 Å². The van der Waals surface area contributed by atoms with Crippen molar-refractivity contribution in [2.24, 2.45) is 10.2 Å². The Balaban J connectivity index is 1.77. The van der Waals surface area contributed by atoms with Gasteiger partial charge in [0.2, 0.25) is 5.91 Å². The van der Waals surface area contributed by atoms with Gasteiger partial charge in [0, 0.05) is 27.7 Å². The largest absolute Gasteiger partial charge is 0.481 e. The van der Waals surface area contributed by atoms with Gasteiger partial charge in [0.05, 0.1) is 12.6 Å². The van der Waals surface area contributed by atoms with E-state index in [0.29, 0.717) is 10.2 Å². The maximum Gasteiger partial charge on any atom is 0.305 e. The molecule has 1 aromatic carbocycles. The number of nitrogens with zero attached hydrogens (tertiary/aromatic N) is 3. The molecule has 2 heterocycles. The molecule has 0 spiro atoms. The number of thioether (sulfide) groups is 1. The van der Waals surface area contributed by atoms with Crippen molar-refractivity contribution in [3.63, 3.8) is 0 Å². The van der Waals surface area contributed by atoms with Crippen LogP contribution in [-0.4, -0.2) is 38.2 Å². The van der Waals surface area contributed by atoms with Crippen molar-refractivity contribution >= 4 is 46.6 Å². The van der Waals surface area contributed by atoms with E-state index in [1.54, 1.807) is 6.21 Å². The third kappa shape index (κ3) is 4.40. The van der Waals surface area contributed by atoms with Crippen LogP contribution in [-0.2, 0) is 9.59 Å². The predicted molar refractivity (Wildman–Crippen MR) is 107 cm³/mol. The van der Waals surface area contributed by atoms with E-state index in [2.05, 4.69) is 20.1 Å². The SMILES string of the molecule is Cc1cc(C=N/N=C2/NC(=O)C(CC(=O)O)S2)c(C)n1-c1ccc(Cl)cc1. The van der Waals surface area contributed by atoms with E-state index in [-0.39, 0.29) is 12.3 Å². The Bertz CT molecular complexity index is 950. The van der Waals surface area contributed by atoms with Gasteiger partial charge < -0.3 is 15.0 Å². The quantitative estimate of drug-likeness (QED) is 0.591. The summed E-state index contributed by atoms with van der Waals surface area (Å²) in [5.41, 5.74) is 3.92. The molecule has 1 amide bonds. The number of hydrogen-bond acceptors (Lipinski definition) is 5. The Labute approximate surface area is 165 Å². The number of aromatic nitrogens is 1. The summed E-state index contributed by atoms with van der Waals surface area (Å²) >= 11 is 7.02. The highest BCUT2D eigenvalue weighted by Gasteiger charge is 2.32. The average molecular weight is 405 g/mol. The smallest absolute Gasteiger partial charge is 0.305 e. The molecule has 0 saturated carbocycles. The summed E-state index contributed by atoms with van der Waals surface area (Å²) in [5.74, 6) is -1.39. The van der Waals surface area contributed by atoms with Crippen LogP contribution in [0.25, 0.3) is 5.69 Å². The van der Waals surface area contributed by atoms with Crippen molar-refractivity contribution in [1.29, 1.82) is 0 Å². The van der Waals surface area contributed by atoms with E-state index >= 15 is 0 Å². The molecule has 1 aliphatic rings. The Morgan fingerprint density at radius 1 is 1.37 bits per heavy atom. The second-order valence-corrected chi connectivity index (χ2v) is 7.61. The number of amides is 1. The summed E-state index contributed by atoms with van der Waals surface area (Å²) in [6, 6.07) is 9.54. The van der Waals surface area contributed by atoms with Crippen molar-refractivity contribution in [3.05, 3.63) is 52.3 Å². The Kier molecular flexibility index (Phi) is 5.67. The first kappa shape index (κ1) is 19.2. The third-order valence-electron chi connectivity index (χ3n) is 4.04. The minimum Gasteiger partial charge on any atom is -0.481 e. The molecule has 1 atom stereocenters. The molecule has 1 aromatic heterocycles. The molecule has 1 unspecified atom stereocenters. The van der Waals surface area contributed by atoms with Crippen molar-refractivity contribution in [2.45, 2.75) is 25.5 Å². The minimum absolute atomic E-state index is 0.249. The van der Waals surface area contributed by atoms with E-state index in [1.165, 1.54) is 0 Å². The van der Waals surface area contributed by atoms with Gasteiger partial charge >= 0.3 is 5.97 Å². The van der Waals surface area contributed by atoms with Crippen LogP contribution in [0, 0.1) is 13.8 Å². The topological polar surface area (TPSA) is 96.1 Å². The van der Waals surface area contributed by atoms with Crippen LogP contribution in [0.3, 0.4) is 0 Å². The molecule has 0 bridgehead atoms. The summed E-state index contributed by atoms with van der Waals surface area (Å²) in [7, 11) is 0.